The zero-order valence-electron chi connectivity index (χ0n) is 17.3. The van der Waals surface area contributed by atoms with Crippen LogP contribution in [0.4, 0.5) is 16.2 Å². The number of thioether (sulfide) groups is 1. The van der Waals surface area contributed by atoms with Gasteiger partial charge in [0.2, 0.25) is 0 Å². The topological polar surface area (TPSA) is 71.4 Å². The number of urea groups is 1. The predicted molar refractivity (Wildman–Crippen MR) is 127 cm³/mol. The van der Waals surface area contributed by atoms with E-state index in [4.69, 9.17) is 12.2 Å². The molecule has 2 N–H and O–H groups in total. The van der Waals surface area contributed by atoms with Crippen LogP contribution in [0.1, 0.15) is 19.4 Å². The van der Waals surface area contributed by atoms with Gasteiger partial charge in [-0.3, -0.25) is 5.21 Å². The number of hydrogen-bond acceptors (Lipinski definition) is 6. The van der Waals surface area contributed by atoms with Crippen LogP contribution in [-0.2, 0) is 0 Å². The molecular formula is C21H25N5O2S2. The van der Waals surface area contributed by atoms with E-state index in [1.54, 1.807) is 30.5 Å². The van der Waals surface area contributed by atoms with Gasteiger partial charge in [-0.1, -0.05) is 54.3 Å². The molecule has 0 aliphatic carbocycles. The summed E-state index contributed by atoms with van der Waals surface area (Å²) >= 11 is 6.86. The summed E-state index contributed by atoms with van der Waals surface area (Å²) in [5.74, 6) is 0. The molecule has 158 valence electrons. The Kier molecular flexibility index (Phi) is 6.64. The number of hydrazone groups is 1. The lowest BCUT2D eigenvalue weighted by atomic mass is 10.1. The van der Waals surface area contributed by atoms with Crippen molar-refractivity contribution in [2.45, 2.75) is 24.8 Å². The van der Waals surface area contributed by atoms with Crippen LogP contribution in [-0.4, -0.2) is 56.9 Å². The van der Waals surface area contributed by atoms with Crippen molar-refractivity contribution in [2.24, 2.45) is 5.10 Å². The molecule has 1 fully saturated rings. The van der Waals surface area contributed by atoms with Gasteiger partial charge in [-0.25, -0.2) is 9.80 Å². The predicted octanol–water partition coefficient (Wildman–Crippen LogP) is 4.45. The van der Waals surface area contributed by atoms with Crippen LogP contribution in [0.15, 0.2) is 59.7 Å². The van der Waals surface area contributed by atoms with Crippen LogP contribution in [0.5, 0.6) is 0 Å². The summed E-state index contributed by atoms with van der Waals surface area (Å²) in [4.78, 5) is 14.7. The van der Waals surface area contributed by atoms with E-state index >= 15 is 0 Å². The Morgan fingerprint density at radius 1 is 1.20 bits per heavy atom. The summed E-state index contributed by atoms with van der Waals surface area (Å²) in [7, 11) is 3.96. The number of hydroxylamine groups is 2. The lowest BCUT2D eigenvalue weighted by Crippen LogP contribution is -2.54. The first-order valence-electron chi connectivity index (χ1n) is 9.37. The van der Waals surface area contributed by atoms with Gasteiger partial charge in [-0.2, -0.15) is 10.2 Å². The second-order valence-corrected chi connectivity index (χ2v) is 9.85. The maximum absolute atomic E-state index is 12.6. The molecule has 1 unspecified atom stereocenters. The molecular weight excluding hydrogens is 418 g/mol. The second-order valence-electron chi connectivity index (χ2n) is 7.56. The van der Waals surface area contributed by atoms with Gasteiger partial charge in [0.25, 0.3) is 0 Å². The normalized spacial score (nSPS) is 18.0. The largest absolute Gasteiger partial charge is 0.378 e. The number of carbonyl (C=O) groups excluding carboxylic acids is 1. The number of nitrogens with one attached hydrogen (secondary N) is 1. The van der Waals surface area contributed by atoms with E-state index < -0.39 is 16.9 Å². The van der Waals surface area contributed by atoms with Gasteiger partial charge in [0.1, 0.15) is 0 Å². The Bertz CT molecular complexity index is 932. The highest BCUT2D eigenvalue weighted by Gasteiger charge is 2.50. The number of nitrogens with zero attached hydrogens (tertiary/aromatic N) is 4. The van der Waals surface area contributed by atoms with Gasteiger partial charge in [0.15, 0.2) is 10.5 Å². The van der Waals surface area contributed by atoms with Crippen molar-refractivity contribution in [3.8, 4) is 0 Å². The summed E-state index contributed by atoms with van der Waals surface area (Å²) < 4.78 is -0.0795. The molecule has 1 saturated heterocycles. The molecule has 1 aliphatic heterocycles. The Morgan fingerprint density at radius 3 is 2.43 bits per heavy atom. The molecule has 1 heterocycles. The molecule has 2 aromatic rings. The van der Waals surface area contributed by atoms with Crippen molar-refractivity contribution in [1.82, 2.24) is 10.1 Å². The number of rotatable bonds is 5. The van der Waals surface area contributed by atoms with Crippen molar-refractivity contribution >= 4 is 51.9 Å². The van der Waals surface area contributed by atoms with Gasteiger partial charge in [0, 0.05) is 25.5 Å². The van der Waals surface area contributed by atoms with E-state index in [2.05, 4.69) is 10.4 Å². The highest BCUT2D eigenvalue weighted by Crippen LogP contribution is 2.42. The first-order valence-corrected chi connectivity index (χ1v) is 10.6. The lowest BCUT2D eigenvalue weighted by molar-refractivity contribution is -0.114. The van der Waals surface area contributed by atoms with E-state index in [1.165, 1.54) is 16.8 Å². The molecule has 0 saturated carbocycles. The third-order valence-electron chi connectivity index (χ3n) is 4.60. The monoisotopic (exact) mass is 443 g/mol. The van der Waals surface area contributed by atoms with Crippen LogP contribution < -0.4 is 10.2 Å². The number of carbonyl (C=O) groups is 1. The van der Waals surface area contributed by atoms with E-state index in [0.717, 1.165) is 11.3 Å². The number of anilines is 2. The van der Waals surface area contributed by atoms with Gasteiger partial charge in [-0.15, -0.1) is 0 Å². The molecule has 2 amide bonds. The maximum atomic E-state index is 12.6. The van der Waals surface area contributed by atoms with Crippen LogP contribution in [0.2, 0.25) is 0 Å². The summed E-state index contributed by atoms with van der Waals surface area (Å²) in [6.07, 6.45) is 0.903. The third kappa shape index (κ3) is 4.92. The standard InChI is InChI=1S/C21H25N5O2S2/c1-21(2)18(26(28)19(27)23-16-8-6-5-7-9-16)25(20(29)30-21)22-14-15-10-12-17(13-11-15)24(3)4/h5-14,18,28H,1-4H3,(H,23,27). The molecule has 1 atom stereocenters. The lowest BCUT2D eigenvalue weighted by Gasteiger charge is -2.34. The zero-order valence-corrected chi connectivity index (χ0v) is 18.9. The molecule has 0 spiro atoms. The summed E-state index contributed by atoms with van der Waals surface area (Å²) in [5.41, 5.74) is 2.55. The quantitative estimate of drug-likeness (QED) is 0.308. The molecule has 0 radical (unpaired) electrons. The molecule has 0 bridgehead atoms. The molecule has 2 aromatic carbocycles. The Balaban J connectivity index is 1.79. The van der Waals surface area contributed by atoms with Crippen LogP contribution in [0.3, 0.4) is 0 Å². The number of thiocarbonyl (C=S) groups is 1. The minimum atomic E-state index is -0.768. The minimum absolute atomic E-state index is 0.484. The fourth-order valence-electron chi connectivity index (χ4n) is 3.03. The van der Waals surface area contributed by atoms with Crippen molar-refractivity contribution < 1.29 is 10.0 Å². The average molecular weight is 444 g/mol. The van der Waals surface area contributed by atoms with Crippen LogP contribution in [0, 0.1) is 0 Å². The number of hydrogen-bond donors (Lipinski definition) is 2. The minimum Gasteiger partial charge on any atom is -0.378 e. The zero-order chi connectivity index (χ0) is 21.9. The van der Waals surface area contributed by atoms with Crippen LogP contribution in [0.25, 0.3) is 0 Å². The van der Waals surface area contributed by atoms with E-state index in [1.807, 2.05) is 63.2 Å². The maximum Gasteiger partial charge on any atom is 0.347 e. The van der Waals surface area contributed by atoms with Crippen LogP contribution >= 0.6 is 24.0 Å². The van der Waals surface area contributed by atoms with Crippen molar-refractivity contribution in [2.75, 3.05) is 24.3 Å². The smallest absolute Gasteiger partial charge is 0.347 e. The number of benzene rings is 2. The molecule has 30 heavy (non-hydrogen) atoms. The first-order chi connectivity index (χ1) is 14.2. The molecule has 3 rings (SSSR count). The molecule has 9 heteroatoms. The average Bonchev–Trinajstić information content (AvgIpc) is 2.94. The molecule has 1 aliphatic rings. The van der Waals surface area contributed by atoms with Gasteiger partial charge in [0.05, 0.1) is 11.0 Å². The molecule has 7 nitrogen and oxygen atoms in total. The SMILES string of the molecule is CN(C)c1ccc(C=NN2C(=S)SC(C)(C)C2N(O)C(=O)Nc2ccccc2)cc1. The Morgan fingerprint density at radius 2 is 1.83 bits per heavy atom. The van der Waals surface area contributed by atoms with E-state index in [0.29, 0.717) is 15.1 Å². The van der Waals surface area contributed by atoms with Gasteiger partial charge >= 0.3 is 6.03 Å². The summed E-state index contributed by atoms with van der Waals surface area (Å²) in [6.45, 7) is 3.82. The van der Waals surface area contributed by atoms with Crippen molar-refractivity contribution in [3.63, 3.8) is 0 Å². The first kappa shape index (κ1) is 22.1. The van der Waals surface area contributed by atoms with Gasteiger partial charge in [-0.05, 0) is 43.7 Å². The highest BCUT2D eigenvalue weighted by atomic mass is 32.2. The molecule has 0 aromatic heterocycles. The number of para-hydroxylation sites is 1. The van der Waals surface area contributed by atoms with Crippen molar-refractivity contribution in [3.05, 3.63) is 60.2 Å². The fraction of sp³-hybridized carbons (Fsp3) is 0.286. The fourth-order valence-corrected chi connectivity index (χ4v) is 4.81. The third-order valence-corrected chi connectivity index (χ3v) is 6.13. The van der Waals surface area contributed by atoms with Crippen molar-refractivity contribution in [1.29, 1.82) is 0 Å². The van der Waals surface area contributed by atoms with E-state index in [-0.39, 0.29) is 0 Å². The highest BCUT2D eigenvalue weighted by molar-refractivity contribution is 8.24. The summed E-state index contributed by atoms with van der Waals surface area (Å²) in [6, 6.07) is 16.2. The Labute approximate surface area is 186 Å². The summed E-state index contributed by atoms with van der Waals surface area (Å²) in [5, 5.41) is 20.1. The van der Waals surface area contributed by atoms with E-state index in [9.17, 15) is 10.0 Å². The number of amides is 2. The van der Waals surface area contributed by atoms with Gasteiger partial charge < -0.3 is 10.2 Å². The second kappa shape index (κ2) is 9.03. The Hall–Kier alpha value is -2.62.